The lowest BCUT2D eigenvalue weighted by molar-refractivity contribution is 0.414. The fraction of sp³-hybridized carbons (Fsp3) is 0.286. The van der Waals surface area contributed by atoms with Gasteiger partial charge in [-0.05, 0) is 29.7 Å². The minimum atomic E-state index is 0.764. The minimum absolute atomic E-state index is 0.764. The van der Waals surface area contributed by atoms with Crippen molar-refractivity contribution >= 4 is 5.69 Å². The van der Waals surface area contributed by atoms with Crippen molar-refractivity contribution in [3.63, 3.8) is 0 Å². The summed E-state index contributed by atoms with van der Waals surface area (Å²) < 4.78 is 5.23. The second-order valence-corrected chi connectivity index (χ2v) is 3.97. The zero-order valence-electron chi connectivity index (χ0n) is 10.7. The molecular weight excluding hydrogens is 226 g/mol. The maximum absolute atomic E-state index is 5.23. The molecule has 0 unspecified atom stereocenters. The lowest BCUT2D eigenvalue weighted by Crippen LogP contribution is -2.03. The highest BCUT2D eigenvalue weighted by molar-refractivity contribution is 5.41. The van der Waals surface area contributed by atoms with Crippen LogP contribution >= 0.6 is 0 Å². The van der Waals surface area contributed by atoms with E-state index >= 15 is 0 Å². The van der Waals surface area contributed by atoms with Crippen molar-refractivity contribution in [1.82, 2.24) is 9.97 Å². The third-order valence-corrected chi connectivity index (χ3v) is 2.84. The average molecular weight is 243 g/mol. The highest BCUT2D eigenvalue weighted by Crippen LogP contribution is 2.19. The number of rotatable bonds is 5. The monoisotopic (exact) mass is 243 g/mol. The van der Waals surface area contributed by atoms with Crippen LogP contribution in [0.1, 0.15) is 18.1 Å². The Morgan fingerprint density at radius 3 is 2.61 bits per heavy atom. The smallest absolute Gasteiger partial charge is 0.119 e. The van der Waals surface area contributed by atoms with Crippen molar-refractivity contribution < 1.29 is 4.74 Å². The van der Waals surface area contributed by atoms with Crippen molar-refractivity contribution in [2.45, 2.75) is 19.9 Å². The molecule has 4 nitrogen and oxygen atoms in total. The van der Waals surface area contributed by atoms with Crippen LogP contribution in [-0.2, 0) is 13.0 Å². The number of nitrogens with one attached hydrogen (secondary N) is 1. The summed E-state index contributed by atoms with van der Waals surface area (Å²) in [5, 5.41) is 3.31. The maximum atomic E-state index is 5.23. The van der Waals surface area contributed by atoms with Gasteiger partial charge >= 0.3 is 0 Å². The fourth-order valence-corrected chi connectivity index (χ4v) is 1.82. The van der Waals surface area contributed by atoms with Crippen molar-refractivity contribution in [3.8, 4) is 5.75 Å². The van der Waals surface area contributed by atoms with Crippen LogP contribution in [0.15, 0.2) is 36.9 Å². The summed E-state index contributed by atoms with van der Waals surface area (Å²) in [4.78, 5) is 7.95. The fourth-order valence-electron chi connectivity index (χ4n) is 1.82. The molecule has 94 valence electrons. The molecule has 1 aromatic carbocycles. The van der Waals surface area contributed by atoms with Gasteiger partial charge < -0.3 is 10.1 Å². The maximum Gasteiger partial charge on any atom is 0.119 e. The van der Waals surface area contributed by atoms with E-state index in [1.807, 2.05) is 6.07 Å². The molecule has 18 heavy (non-hydrogen) atoms. The second-order valence-electron chi connectivity index (χ2n) is 3.97. The van der Waals surface area contributed by atoms with E-state index in [2.05, 4.69) is 34.3 Å². The van der Waals surface area contributed by atoms with Crippen molar-refractivity contribution in [2.75, 3.05) is 12.4 Å². The van der Waals surface area contributed by atoms with Gasteiger partial charge in [0.15, 0.2) is 0 Å². The molecular formula is C14H17N3O. The van der Waals surface area contributed by atoms with Crippen LogP contribution in [0.3, 0.4) is 0 Å². The number of aromatic nitrogens is 2. The Kier molecular flexibility index (Phi) is 4.12. The predicted octanol–water partition coefficient (Wildman–Crippen LogP) is 2.66. The van der Waals surface area contributed by atoms with E-state index in [-0.39, 0.29) is 0 Å². The molecule has 0 aliphatic carbocycles. The Morgan fingerprint density at radius 1 is 1.17 bits per heavy atom. The third kappa shape index (κ3) is 2.97. The Hall–Kier alpha value is -2.10. The molecule has 0 spiro atoms. The quantitative estimate of drug-likeness (QED) is 0.877. The lowest BCUT2D eigenvalue weighted by Gasteiger charge is -2.11. The van der Waals surface area contributed by atoms with Gasteiger partial charge in [-0.25, -0.2) is 9.97 Å². The van der Waals surface area contributed by atoms with Crippen LogP contribution in [0.2, 0.25) is 0 Å². The van der Waals surface area contributed by atoms with Crippen LogP contribution in [0, 0.1) is 0 Å². The molecule has 0 bridgehead atoms. The number of aryl methyl sites for hydroxylation is 1. The molecule has 2 rings (SSSR count). The highest BCUT2D eigenvalue weighted by atomic mass is 16.5. The first-order valence-corrected chi connectivity index (χ1v) is 5.98. The number of benzene rings is 1. The summed E-state index contributed by atoms with van der Waals surface area (Å²) in [6.45, 7) is 2.91. The van der Waals surface area contributed by atoms with Crippen LogP contribution in [-0.4, -0.2) is 17.1 Å². The van der Waals surface area contributed by atoms with Gasteiger partial charge in [0.05, 0.1) is 25.2 Å². The Bertz CT molecular complexity index is 500. The first kappa shape index (κ1) is 12.4. The number of methoxy groups -OCH3 is 1. The molecule has 4 heteroatoms. The van der Waals surface area contributed by atoms with E-state index in [0.29, 0.717) is 0 Å². The SMILES string of the molecule is CCc1cc(OC)ccc1CNc1cncnc1. The van der Waals surface area contributed by atoms with E-state index < -0.39 is 0 Å². The van der Waals surface area contributed by atoms with Gasteiger partial charge in [0.2, 0.25) is 0 Å². The molecule has 1 heterocycles. The predicted molar refractivity (Wildman–Crippen MR) is 71.7 cm³/mol. The van der Waals surface area contributed by atoms with Crippen LogP contribution in [0.4, 0.5) is 5.69 Å². The second kappa shape index (κ2) is 6.00. The zero-order chi connectivity index (χ0) is 12.8. The molecule has 0 atom stereocenters. The highest BCUT2D eigenvalue weighted by Gasteiger charge is 2.03. The van der Waals surface area contributed by atoms with Crippen molar-refractivity contribution in [2.24, 2.45) is 0 Å². The van der Waals surface area contributed by atoms with Gasteiger partial charge in [0, 0.05) is 6.54 Å². The van der Waals surface area contributed by atoms with Crippen molar-refractivity contribution in [1.29, 1.82) is 0 Å². The van der Waals surface area contributed by atoms with Crippen LogP contribution in [0.25, 0.3) is 0 Å². The molecule has 0 saturated heterocycles. The first-order chi connectivity index (χ1) is 8.83. The minimum Gasteiger partial charge on any atom is -0.497 e. The largest absolute Gasteiger partial charge is 0.497 e. The molecule has 2 aromatic rings. The number of hydrogen-bond donors (Lipinski definition) is 1. The molecule has 1 aromatic heterocycles. The number of hydrogen-bond acceptors (Lipinski definition) is 4. The number of nitrogens with zero attached hydrogens (tertiary/aromatic N) is 2. The van der Waals surface area contributed by atoms with E-state index in [0.717, 1.165) is 24.4 Å². The molecule has 0 saturated carbocycles. The third-order valence-electron chi connectivity index (χ3n) is 2.84. The zero-order valence-corrected chi connectivity index (χ0v) is 10.7. The van der Waals surface area contributed by atoms with E-state index in [1.165, 1.54) is 17.5 Å². The number of anilines is 1. The Balaban J connectivity index is 2.09. The molecule has 0 fully saturated rings. The van der Waals surface area contributed by atoms with E-state index in [4.69, 9.17) is 4.74 Å². The van der Waals surface area contributed by atoms with Gasteiger partial charge in [-0.2, -0.15) is 0 Å². The average Bonchev–Trinajstić information content (AvgIpc) is 2.46. The lowest BCUT2D eigenvalue weighted by atomic mass is 10.0. The van der Waals surface area contributed by atoms with Gasteiger partial charge in [0.1, 0.15) is 12.1 Å². The van der Waals surface area contributed by atoms with Gasteiger partial charge in [0.25, 0.3) is 0 Å². The van der Waals surface area contributed by atoms with Crippen molar-refractivity contribution in [3.05, 3.63) is 48.0 Å². The summed E-state index contributed by atoms with van der Waals surface area (Å²) in [6.07, 6.45) is 6.04. The Morgan fingerprint density at radius 2 is 1.94 bits per heavy atom. The van der Waals surface area contributed by atoms with Gasteiger partial charge in [-0.1, -0.05) is 13.0 Å². The summed E-state index contributed by atoms with van der Waals surface area (Å²) in [6, 6.07) is 6.16. The summed E-state index contributed by atoms with van der Waals surface area (Å²) in [5.74, 6) is 0.902. The molecule has 1 N–H and O–H groups in total. The molecule has 0 radical (unpaired) electrons. The summed E-state index contributed by atoms with van der Waals surface area (Å²) in [7, 11) is 1.69. The molecule has 0 amide bonds. The van der Waals surface area contributed by atoms with E-state index in [1.54, 1.807) is 19.5 Å². The first-order valence-electron chi connectivity index (χ1n) is 5.98. The van der Waals surface area contributed by atoms with Crippen LogP contribution < -0.4 is 10.1 Å². The topological polar surface area (TPSA) is 47.0 Å². The normalized spacial score (nSPS) is 10.1. The van der Waals surface area contributed by atoms with Gasteiger partial charge in [-0.15, -0.1) is 0 Å². The standard InChI is InChI=1S/C14H17N3O/c1-3-11-6-14(18-2)5-4-12(11)7-17-13-8-15-10-16-9-13/h4-6,8-10,17H,3,7H2,1-2H3. The van der Waals surface area contributed by atoms with E-state index in [9.17, 15) is 0 Å². The molecule has 0 aliphatic rings. The number of ether oxygens (including phenoxy) is 1. The molecule has 0 aliphatic heterocycles. The van der Waals surface area contributed by atoms with Gasteiger partial charge in [-0.3, -0.25) is 0 Å². The summed E-state index contributed by atoms with van der Waals surface area (Å²) in [5.41, 5.74) is 3.48. The summed E-state index contributed by atoms with van der Waals surface area (Å²) >= 11 is 0. The van der Waals surface area contributed by atoms with Crippen LogP contribution in [0.5, 0.6) is 5.75 Å². The Labute approximate surface area is 107 Å².